The number of carbonyl (C=O) groups is 5. The minimum absolute atomic E-state index is 0.0391. The van der Waals surface area contributed by atoms with Crippen LogP contribution in [-0.4, -0.2) is 99.4 Å². The monoisotopic (exact) mass is 749 g/mol. The molecule has 1 heterocycles. The molecule has 0 spiro atoms. The molecule has 2 saturated carbocycles. The van der Waals surface area contributed by atoms with Gasteiger partial charge in [-0.1, -0.05) is 62.4 Å². The highest BCUT2D eigenvalue weighted by Gasteiger charge is 2.78. The maximum absolute atomic E-state index is 15.3. The Morgan fingerprint density at radius 1 is 0.926 bits per heavy atom. The number of hydrogen-bond donors (Lipinski definition) is 4. The fourth-order valence-corrected chi connectivity index (χ4v) is 9.23. The Kier molecular flexibility index (Phi) is 10.2. The molecule has 3 aliphatic carbocycles. The largest absolute Gasteiger partial charge is 0.456 e. The van der Waals surface area contributed by atoms with Crippen molar-refractivity contribution in [3.05, 3.63) is 82.9 Å². The van der Waals surface area contributed by atoms with Gasteiger partial charge in [0.1, 0.15) is 23.9 Å². The van der Waals surface area contributed by atoms with Crippen LogP contribution in [0.15, 0.2) is 71.8 Å². The van der Waals surface area contributed by atoms with Crippen molar-refractivity contribution in [1.29, 1.82) is 0 Å². The summed E-state index contributed by atoms with van der Waals surface area (Å²) < 4.78 is 29.9. The second-order valence-corrected chi connectivity index (χ2v) is 15.6. The number of aliphatic hydroxyl groups is 3. The minimum Gasteiger partial charge on any atom is -0.456 e. The van der Waals surface area contributed by atoms with Crippen LogP contribution in [0.2, 0.25) is 0 Å². The van der Waals surface area contributed by atoms with E-state index in [2.05, 4.69) is 0 Å². The van der Waals surface area contributed by atoms with Crippen LogP contribution in [0.3, 0.4) is 0 Å². The smallest absolute Gasteiger partial charge is 0.338 e. The predicted molar refractivity (Wildman–Crippen MR) is 188 cm³/mol. The second-order valence-electron chi connectivity index (χ2n) is 15.6. The lowest BCUT2D eigenvalue weighted by Crippen LogP contribution is -2.82. The summed E-state index contributed by atoms with van der Waals surface area (Å²) in [6.45, 7) is 8.08. The molecule has 6 rings (SSSR count). The fourth-order valence-electron chi connectivity index (χ4n) is 9.23. The molecule has 0 amide bonds. The van der Waals surface area contributed by atoms with E-state index in [1.54, 1.807) is 69.3 Å². The van der Waals surface area contributed by atoms with Gasteiger partial charge in [0.2, 0.25) is 0 Å². The molecule has 14 heteroatoms. The quantitative estimate of drug-likeness (QED) is 0.173. The van der Waals surface area contributed by atoms with Gasteiger partial charge < -0.3 is 44.7 Å². The van der Waals surface area contributed by atoms with Crippen molar-refractivity contribution in [1.82, 2.24) is 0 Å². The van der Waals surface area contributed by atoms with Crippen molar-refractivity contribution in [3.8, 4) is 0 Å². The third-order valence-electron chi connectivity index (χ3n) is 12.2. The van der Waals surface area contributed by atoms with Crippen LogP contribution >= 0.6 is 0 Å². The molecule has 290 valence electrons. The summed E-state index contributed by atoms with van der Waals surface area (Å²) in [5, 5.41) is 36.5. The SMILES string of the molecule is CC(=O)O[C@H]1C(=O)[C@@]2(C)C(C(OC(=O)c3ccccc3)[C@]3(O)C[C@H](OC(=O)[C@@H](O)C(N)c4ccccc4)C(C)=C1C3(C)C)[C@]1(OC(C)=O)CO[C@@H]1C[C@@H]2O. The summed E-state index contributed by atoms with van der Waals surface area (Å²) >= 11 is 0. The van der Waals surface area contributed by atoms with Crippen molar-refractivity contribution in [2.24, 2.45) is 22.5 Å². The predicted octanol–water partition coefficient (Wildman–Crippen LogP) is 2.26. The van der Waals surface area contributed by atoms with Crippen LogP contribution in [-0.2, 0) is 42.9 Å². The van der Waals surface area contributed by atoms with E-state index in [4.69, 9.17) is 29.4 Å². The van der Waals surface area contributed by atoms with Gasteiger partial charge >= 0.3 is 23.9 Å². The number of ketones is 1. The van der Waals surface area contributed by atoms with Crippen LogP contribution in [0.1, 0.15) is 76.3 Å². The van der Waals surface area contributed by atoms with E-state index in [-0.39, 0.29) is 29.7 Å². The zero-order valence-electron chi connectivity index (χ0n) is 31.0. The van der Waals surface area contributed by atoms with Gasteiger partial charge in [0.15, 0.2) is 23.6 Å². The molecular weight excluding hydrogens is 702 g/mol. The van der Waals surface area contributed by atoms with E-state index < -0.39 is 107 Å². The van der Waals surface area contributed by atoms with Crippen molar-refractivity contribution in [2.75, 3.05) is 6.61 Å². The van der Waals surface area contributed by atoms with Crippen LogP contribution in [0.25, 0.3) is 0 Å². The van der Waals surface area contributed by atoms with Crippen LogP contribution in [0.4, 0.5) is 0 Å². The summed E-state index contributed by atoms with van der Waals surface area (Å²) in [6.07, 6.45) is -9.98. The van der Waals surface area contributed by atoms with Crippen molar-refractivity contribution < 1.29 is 63.0 Å². The van der Waals surface area contributed by atoms with E-state index in [1.807, 2.05) is 0 Å². The van der Waals surface area contributed by atoms with Gasteiger partial charge in [-0.15, -0.1) is 0 Å². The van der Waals surface area contributed by atoms with E-state index in [9.17, 15) is 34.5 Å². The lowest BCUT2D eigenvalue weighted by molar-refractivity contribution is -0.346. The summed E-state index contributed by atoms with van der Waals surface area (Å²) in [5.74, 6) is -6.01. The van der Waals surface area contributed by atoms with E-state index in [0.717, 1.165) is 13.8 Å². The Morgan fingerprint density at radius 3 is 2.09 bits per heavy atom. The molecule has 2 bridgehead atoms. The molecule has 5 N–H and O–H groups in total. The van der Waals surface area contributed by atoms with Crippen molar-refractivity contribution in [3.63, 3.8) is 0 Å². The van der Waals surface area contributed by atoms with Crippen molar-refractivity contribution >= 4 is 29.7 Å². The Balaban J connectivity index is 1.58. The number of fused-ring (bicyclic) bond motifs is 5. The van der Waals surface area contributed by atoms with Gasteiger partial charge in [0.05, 0.1) is 35.6 Å². The molecule has 2 aromatic rings. The first-order valence-electron chi connectivity index (χ1n) is 17.9. The van der Waals surface area contributed by atoms with Gasteiger partial charge in [0, 0.05) is 32.1 Å². The summed E-state index contributed by atoms with van der Waals surface area (Å²) in [7, 11) is 0. The number of aliphatic hydroxyl groups excluding tert-OH is 2. The second kappa shape index (κ2) is 14.0. The van der Waals surface area contributed by atoms with Crippen molar-refractivity contribution in [2.45, 2.75) is 108 Å². The summed E-state index contributed by atoms with van der Waals surface area (Å²) in [6, 6.07) is 15.1. The van der Waals surface area contributed by atoms with Gasteiger partial charge in [-0.2, -0.15) is 0 Å². The topological polar surface area (TPSA) is 218 Å². The average molecular weight is 750 g/mol. The van der Waals surface area contributed by atoms with E-state index in [1.165, 1.54) is 19.1 Å². The first-order valence-corrected chi connectivity index (χ1v) is 17.9. The highest BCUT2D eigenvalue weighted by Crippen LogP contribution is 2.64. The van der Waals surface area contributed by atoms with Crippen LogP contribution < -0.4 is 5.73 Å². The molecule has 1 saturated heterocycles. The van der Waals surface area contributed by atoms with E-state index >= 15 is 4.79 Å². The van der Waals surface area contributed by atoms with Gasteiger partial charge in [-0.3, -0.25) is 14.4 Å². The fraction of sp³-hybridized carbons (Fsp3) is 0.525. The number of esters is 4. The van der Waals surface area contributed by atoms with Gasteiger partial charge in [-0.05, 0) is 42.7 Å². The van der Waals surface area contributed by atoms with Crippen LogP contribution in [0.5, 0.6) is 0 Å². The third-order valence-corrected chi connectivity index (χ3v) is 12.2. The van der Waals surface area contributed by atoms with Crippen LogP contribution in [0, 0.1) is 16.7 Å². The molecule has 3 fully saturated rings. The molecule has 1 aliphatic heterocycles. The number of nitrogens with two attached hydrogens (primary N) is 1. The number of carbonyl (C=O) groups excluding carboxylic acids is 5. The molecule has 0 radical (unpaired) electrons. The van der Waals surface area contributed by atoms with E-state index in [0.29, 0.717) is 5.56 Å². The summed E-state index contributed by atoms with van der Waals surface area (Å²) in [5.41, 5.74) is -0.605. The molecule has 11 atom stereocenters. The molecule has 54 heavy (non-hydrogen) atoms. The molecular formula is C40H47NO13. The van der Waals surface area contributed by atoms with Gasteiger partial charge in [0.25, 0.3) is 0 Å². The zero-order valence-corrected chi connectivity index (χ0v) is 31.0. The highest BCUT2D eigenvalue weighted by molar-refractivity contribution is 5.95. The Bertz CT molecular complexity index is 1860. The summed E-state index contributed by atoms with van der Waals surface area (Å²) in [4.78, 5) is 68.7. The number of benzene rings is 2. The number of ether oxygens (including phenoxy) is 5. The lowest BCUT2D eigenvalue weighted by atomic mass is 9.44. The molecule has 4 aliphatic rings. The molecule has 14 nitrogen and oxygen atoms in total. The Labute approximate surface area is 312 Å². The number of hydrogen-bond acceptors (Lipinski definition) is 14. The van der Waals surface area contributed by atoms with Gasteiger partial charge in [-0.25, -0.2) is 9.59 Å². The average Bonchev–Trinajstić information content (AvgIpc) is 3.12. The lowest BCUT2D eigenvalue weighted by Gasteiger charge is -2.67. The maximum Gasteiger partial charge on any atom is 0.338 e. The normalized spacial score (nSPS) is 35.0. The molecule has 3 unspecified atom stereocenters. The first kappa shape index (κ1) is 39.2. The Morgan fingerprint density at radius 2 is 1.54 bits per heavy atom. The Hall–Kier alpha value is -4.47. The first-order chi connectivity index (χ1) is 25.3. The highest BCUT2D eigenvalue weighted by atomic mass is 16.6. The minimum atomic E-state index is -2.32. The molecule has 2 aromatic carbocycles. The standard InChI is InChI=1S/C40H47NO13/c1-20-25(52-36(48)30(45)29(41)23-13-9-7-10-14-23)18-40(49)34(53-35(47)24-15-11-8-12-16-24)32-38(6,26(44)17-27-39(32,19-50-27)54-22(3)43)33(46)31(51-21(2)42)28(20)37(40,4)5/h7-16,25-27,29-32,34,44-45,49H,17-19,41H2,1-6H3/t25-,26-,27+,29?,30-,31+,32?,34?,38+,39-,40+/m0/s1. The molecule has 0 aromatic heterocycles. The number of rotatable bonds is 8. The zero-order chi connectivity index (χ0) is 39.5. The number of Topliss-reactive ketones (excluding diaryl/α,β-unsaturated/α-hetero) is 1. The third kappa shape index (κ3) is 6.04. The maximum atomic E-state index is 15.3.